The monoisotopic (exact) mass is 416 g/mol. The van der Waals surface area contributed by atoms with Crippen LogP contribution in [0.2, 0.25) is 0 Å². The summed E-state index contributed by atoms with van der Waals surface area (Å²) in [6, 6.07) is 11.3. The maximum Gasteiger partial charge on any atom is 0.282 e. The minimum atomic E-state index is -4.07. The first-order valence-corrected chi connectivity index (χ1v) is 10.3. The molecule has 1 aromatic heterocycles. The fourth-order valence-electron chi connectivity index (χ4n) is 2.72. The van der Waals surface area contributed by atoms with Crippen molar-refractivity contribution in [2.75, 3.05) is 0 Å². The molecule has 7 nitrogen and oxygen atoms in total. The van der Waals surface area contributed by atoms with Gasteiger partial charge >= 0.3 is 0 Å². The van der Waals surface area contributed by atoms with Crippen molar-refractivity contribution in [3.05, 3.63) is 82.8 Å². The third kappa shape index (κ3) is 3.61. The van der Waals surface area contributed by atoms with Crippen LogP contribution in [0.4, 0.5) is 4.39 Å². The second-order valence-electron chi connectivity index (χ2n) is 5.83. The molecule has 0 amide bonds. The molecule has 0 saturated carbocycles. The van der Waals surface area contributed by atoms with Gasteiger partial charge in [0, 0.05) is 10.5 Å². The van der Waals surface area contributed by atoms with E-state index in [1.54, 1.807) is 24.3 Å². The Labute approximate surface area is 164 Å². The summed E-state index contributed by atoms with van der Waals surface area (Å²) in [5.74, 6) is -0.539. The molecule has 28 heavy (non-hydrogen) atoms. The highest BCUT2D eigenvalue weighted by molar-refractivity contribution is 8.03. The lowest BCUT2D eigenvalue weighted by atomic mass is 9.93. The lowest BCUT2D eigenvalue weighted by Crippen LogP contribution is -2.16. The first-order chi connectivity index (χ1) is 13.4. The molecule has 0 spiro atoms. The van der Waals surface area contributed by atoms with Gasteiger partial charge < -0.3 is 5.11 Å². The maximum absolute atomic E-state index is 13.1. The highest BCUT2D eigenvalue weighted by Gasteiger charge is 2.27. The van der Waals surface area contributed by atoms with Crippen molar-refractivity contribution in [3.63, 3.8) is 0 Å². The van der Waals surface area contributed by atoms with Crippen LogP contribution in [0.1, 0.15) is 17.2 Å². The van der Waals surface area contributed by atoms with E-state index in [4.69, 9.17) is 0 Å². The van der Waals surface area contributed by atoms with E-state index in [0.29, 0.717) is 21.2 Å². The number of H-pyrrole nitrogens is 1. The quantitative estimate of drug-likeness (QED) is 0.677. The third-order valence-corrected chi connectivity index (χ3v) is 6.29. The van der Waals surface area contributed by atoms with Gasteiger partial charge in [-0.2, -0.15) is 17.9 Å². The van der Waals surface area contributed by atoms with Gasteiger partial charge in [-0.05, 0) is 35.9 Å². The SMILES string of the molecule is O=S(=O)(N=C1C=C(Sc2ncn[nH]2)C(O)c2ccccc21)c1ccc(F)cc1. The summed E-state index contributed by atoms with van der Waals surface area (Å²) in [6.45, 7) is 0. The average Bonchev–Trinajstić information content (AvgIpc) is 3.19. The molecule has 0 saturated heterocycles. The van der Waals surface area contributed by atoms with Crippen LogP contribution in [0.5, 0.6) is 0 Å². The lowest BCUT2D eigenvalue weighted by Gasteiger charge is -2.22. The van der Waals surface area contributed by atoms with Crippen LogP contribution in [0.15, 0.2) is 80.3 Å². The molecule has 2 aromatic carbocycles. The van der Waals surface area contributed by atoms with Crippen molar-refractivity contribution in [1.29, 1.82) is 0 Å². The first kappa shape index (κ1) is 18.5. The fraction of sp³-hybridized carbons (Fsp3) is 0.0556. The molecule has 1 unspecified atom stereocenters. The van der Waals surface area contributed by atoms with Crippen LogP contribution in [-0.2, 0) is 10.0 Å². The second-order valence-corrected chi connectivity index (χ2v) is 8.50. The molecule has 0 bridgehead atoms. The summed E-state index contributed by atoms with van der Waals surface area (Å²) in [5.41, 5.74) is 1.20. The maximum atomic E-state index is 13.1. The van der Waals surface area contributed by atoms with Crippen molar-refractivity contribution < 1.29 is 17.9 Å². The number of aromatic nitrogens is 3. The van der Waals surface area contributed by atoms with Gasteiger partial charge in [-0.25, -0.2) is 9.37 Å². The van der Waals surface area contributed by atoms with Gasteiger partial charge in [0.05, 0.1) is 10.6 Å². The van der Waals surface area contributed by atoms with Crippen molar-refractivity contribution in [2.45, 2.75) is 16.2 Å². The number of sulfonamides is 1. The number of fused-ring (bicyclic) bond motifs is 1. The zero-order valence-corrected chi connectivity index (χ0v) is 15.8. The van der Waals surface area contributed by atoms with E-state index < -0.39 is 21.9 Å². The topological polar surface area (TPSA) is 108 Å². The van der Waals surface area contributed by atoms with Crippen LogP contribution in [0.25, 0.3) is 0 Å². The van der Waals surface area contributed by atoms with E-state index in [9.17, 15) is 17.9 Å². The summed E-state index contributed by atoms with van der Waals surface area (Å²) < 4.78 is 42.4. The number of halogens is 1. The highest BCUT2D eigenvalue weighted by atomic mass is 32.2. The van der Waals surface area contributed by atoms with Crippen LogP contribution in [-0.4, -0.2) is 34.4 Å². The smallest absolute Gasteiger partial charge is 0.282 e. The zero-order valence-electron chi connectivity index (χ0n) is 14.2. The standard InChI is InChI=1S/C18H13FN4O3S2/c19-11-5-7-12(8-6-11)28(25,26)23-15-9-16(27-18-20-10-21-22-18)17(24)14-4-2-1-3-13(14)15/h1-10,17,24H,(H,20,21,22). The van der Waals surface area contributed by atoms with Crippen LogP contribution < -0.4 is 0 Å². The zero-order chi connectivity index (χ0) is 19.7. The summed E-state index contributed by atoms with van der Waals surface area (Å²) in [5, 5.41) is 17.6. The van der Waals surface area contributed by atoms with E-state index in [1.807, 2.05) is 0 Å². The molecule has 10 heteroatoms. The molecule has 0 fully saturated rings. The number of aliphatic hydroxyl groups excluding tert-OH is 1. The van der Waals surface area contributed by atoms with Gasteiger partial charge in [-0.15, -0.1) is 0 Å². The number of allylic oxidation sites excluding steroid dienone is 1. The Morgan fingerprint density at radius 3 is 2.61 bits per heavy atom. The number of rotatable bonds is 4. The van der Waals surface area contributed by atoms with E-state index in [-0.39, 0.29) is 10.6 Å². The number of hydrogen-bond donors (Lipinski definition) is 2. The van der Waals surface area contributed by atoms with Gasteiger partial charge in [-0.3, -0.25) is 5.10 Å². The molecule has 0 aliphatic heterocycles. The normalized spacial score (nSPS) is 18.0. The predicted octanol–water partition coefficient (Wildman–Crippen LogP) is 2.85. The number of aromatic amines is 1. The number of thioether (sulfide) groups is 1. The molecular formula is C18H13FN4O3S2. The summed E-state index contributed by atoms with van der Waals surface area (Å²) in [4.78, 5) is 4.33. The van der Waals surface area contributed by atoms with Crippen molar-refractivity contribution >= 4 is 27.5 Å². The van der Waals surface area contributed by atoms with Gasteiger partial charge in [0.25, 0.3) is 10.0 Å². The minimum absolute atomic E-state index is 0.122. The third-order valence-electron chi connectivity index (χ3n) is 4.02. The van der Waals surface area contributed by atoms with E-state index in [2.05, 4.69) is 19.6 Å². The molecule has 142 valence electrons. The van der Waals surface area contributed by atoms with Crippen molar-refractivity contribution in [1.82, 2.24) is 15.2 Å². The van der Waals surface area contributed by atoms with Gasteiger partial charge in [0.15, 0.2) is 5.16 Å². The highest BCUT2D eigenvalue weighted by Crippen LogP contribution is 2.39. The molecular weight excluding hydrogens is 403 g/mol. The molecule has 4 rings (SSSR count). The van der Waals surface area contributed by atoms with E-state index in [0.717, 1.165) is 36.0 Å². The van der Waals surface area contributed by atoms with E-state index >= 15 is 0 Å². The Bertz CT molecular complexity index is 1170. The summed E-state index contributed by atoms with van der Waals surface area (Å²) in [7, 11) is -4.07. The Kier molecular flexibility index (Phi) is 4.84. The largest absolute Gasteiger partial charge is 0.383 e. The molecule has 3 aromatic rings. The van der Waals surface area contributed by atoms with Crippen LogP contribution in [0.3, 0.4) is 0 Å². The van der Waals surface area contributed by atoms with Gasteiger partial charge in [0.1, 0.15) is 18.2 Å². The molecule has 1 atom stereocenters. The average molecular weight is 416 g/mol. The van der Waals surface area contributed by atoms with Crippen LogP contribution in [0, 0.1) is 5.82 Å². The van der Waals surface area contributed by atoms with Crippen LogP contribution >= 0.6 is 11.8 Å². The Hall–Kier alpha value is -2.82. The summed E-state index contributed by atoms with van der Waals surface area (Å²) in [6.07, 6.45) is 1.88. The van der Waals surface area contributed by atoms with Gasteiger partial charge in [-0.1, -0.05) is 36.0 Å². The van der Waals surface area contributed by atoms with Crippen molar-refractivity contribution in [3.8, 4) is 0 Å². The summed E-state index contributed by atoms with van der Waals surface area (Å²) >= 11 is 1.13. The minimum Gasteiger partial charge on any atom is -0.383 e. The predicted molar refractivity (Wildman–Crippen MR) is 102 cm³/mol. The van der Waals surface area contributed by atoms with E-state index in [1.165, 1.54) is 12.4 Å². The number of nitrogens with zero attached hydrogens (tertiary/aromatic N) is 3. The fourth-order valence-corrected chi connectivity index (χ4v) is 4.54. The molecule has 1 aliphatic rings. The Morgan fingerprint density at radius 1 is 1.14 bits per heavy atom. The number of aliphatic hydroxyl groups is 1. The number of benzene rings is 2. The molecule has 1 heterocycles. The number of nitrogens with one attached hydrogen (secondary N) is 1. The number of hydrogen-bond acceptors (Lipinski definition) is 6. The molecule has 1 aliphatic carbocycles. The Balaban J connectivity index is 1.81. The molecule has 0 radical (unpaired) electrons. The second kappa shape index (κ2) is 7.30. The first-order valence-electron chi connectivity index (χ1n) is 8.07. The van der Waals surface area contributed by atoms with Gasteiger partial charge in [0.2, 0.25) is 0 Å². The van der Waals surface area contributed by atoms with Crippen molar-refractivity contribution in [2.24, 2.45) is 4.40 Å². The Morgan fingerprint density at radius 2 is 1.89 bits per heavy atom. The lowest BCUT2D eigenvalue weighted by molar-refractivity contribution is 0.224. The molecule has 2 N–H and O–H groups in total.